The van der Waals surface area contributed by atoms with E-state index in [4.69, 9.17) is 0 Å². The number of nitrogens with one attached hydrogen (secondary N) is 1. The van der Waals surface area contributed by atoms with Crippen molar-refractivity contribution in [3.05, 3.63) is 18.2 Å². The molecule has 2 heterocycles. The normalized spacial score (nSPS) is 15.7. The highest BCUT2D eigenvalue weighted by Gasteiger charge is 2.16. The van der Waals surface area contributed by atoms with E-state index in [2.05, 4.69) is 10.3 Å². The van der Waals surface area contributed by atoms with E-state index < -0.39 is 0 Å². The fourth-order valence-electron chi connectivity index (χ4n) is 1.93. The Labute approximate surface area is 95.5 Å². The summed E-state index contributed by atoms with van der Waals surface area (Å²) in [6.07, 6.45) is 5.87. The van der Waals surface area contributed by atoms with Crippen LogP contribution in [0.25, 0.3) is 0 Å². The number of hydrogen-bond donors (Lipinski definition) is 1. The highest BCUT2D eigenvalue weighted by atomic mass is 16.2. The summed E-state index contributed by atoms with van der Waals surface area (Å²) in [5.41, 5.74) is 1.09. The van der Waals surface area contributed by atoms with Gasteiger partial charge in [-0.1, -0.05) is 0 Å². The molecule has 5 nitrogen and oxygen atoms in total. The first kappa shape index (κ1) is 11.1. The van der Waals surface area contributed by atoms with Gasteiger partial charge >= 0.3 is 0 Å². The van der Waals surface area contributed by atoms with Crippen LogP contribution in [0, 0.1) is 0 Å². The number of carbonyl (C=O) groups excluding carboxylic acids is 1. The third-order valence-electron chi connectivity index (χ3n) is 2.96. The Morgan fingerprint density at radius 1 is 1.50 bits per heavy atom. The van der Waals surface area contributed by atoms with Crippen LogP contribution in [-0.2, 0) is 18.4 Å². The van der Waals surface area contributed by atoms with Crippen LogP contribution in [0.2, 0.25) is 0 Å². The zero-order chi connectivity index (χ0) is 11.4. The second kappa shape index (κ2) is 5.12. The lowest BCUT2D eigenvalue weighted by molar-refractivity contribution is -0.129. The summed E-state index contributed by atoms with van der Waals surface area (Å²) >= 11 is 0. The molecule has 0 aliphatic carbocycles. The molecule has 5 heteroatoms. The van der Waals surface area contributed by atoms with Crippen molar-refractivity contribution in [3.63, 3.8) is 0 Å². The molecule has 0 aromatic carbocycles. The largest absolute Gasteiger partial charge is 0.342 e. The van der Waals surface area contributed by atoms with Gasteiger partial charge in [-0.3, -0.25) is 4.79 Å². The number of rotatable bonds is 4. The molecule has 1 saturated heterocycles. The number of carbonyl (C=O) groups is 1. The molecule has 88 valence electrons. The Bertz CT molecular complexity index is 355. The summed E-state index contributed by atoms with van der Waals surface area (Å²) < 4.78 is 1.95. The number of imidazole rings is 1. The van der Waals surface area contributed by atoms with Crippen molar-refractivity contribution in [1.82, 2.24) is 19.8 Å². The summed E-state index contributed by atoms with van der Waals surface area (Å²) in [5, 5.41) is 3.15. The van der Waals surface area contributed by atoms with Crippen molar-refractivity contribution in [2.24, 2.45) is 7.05 Å². The van der Waals surface area contributed by atoms with Gasteiger partial charge in [0, 0.05) is 32.9 Å². The maximum atomic E-state index is 11.7. The minimum absolute atomic E-state index is 0.208. The van der Waals surface area contributed by atoms with Crippen LogP contribution >= 0.6 is 0 Å². The molecule has 1 aromatic heterocycles. The molecule has 1 aliphatic heterocycles. The zero-order valence-electron chi connectivity index (χ0n) is 9.65. The highest BCUT2D eigenvalue weighted by molar-refractivity contribution is 5.78. The quantitative estimate of drug-likeness (QED) is 0.788. The molecule has 1 N–H and O–H groups in total. The molecule has 1 aromatic rings. The van der Waals surface area contributed by atoms with Gasteiger partial charge in [0.25, 0.3) is 0 Å². The molecule has 16 heavy (non-hydrogen) atoms. The van der Waals surface area contributed by atoms with Crippen LogP contribution in [-0.4, -0.2) is 40.0 Å². The van der Waals surface area contributed by atoms with E-state index in [0.717, 1.165) is 31.6 Å². The maximum absolute atomic E-state index is 11.7. The van der Waals surface area contributed by atoms with Gasteiger partial charge in [0.15, 0.2) is 0 Å². The number of aromatic nitrogens is 2. The van der Waals surface area contributed by atoms with Gasteiger partial charge in [0.05, 0.1) is 18.6 Å². The first-order chi connectivity index (χ1) is 7.77. The standard InChI is InChI=1S/C11H18N4O/c1-14-9-13-7-10(14)6-12-8-11(16)15-4-2-3-5-15/h7,9,12H,2-6,8H2,1H3. The van der Waals surface area contributed by atoms with Gasteiger partial charge in [-0.25, -0.2) is 4.98 Å². The molecular weight excluding hydrogens is 204 g/mol. The summed E-state index contributed by atoms with van der Waals surface area (Å²) in [7, 11) is 1.95. The Kier molecular flexibility index (Phi) is 3.56. The fourth-order valence-corrected chi connectivity index (χ4v) is 1.93. The van der Waals surface area contributed by atoms with Gasteiger partial charge in [0.1, 0.15) is 0 Å². The molecule has 0 spiro atoms. The van der Waals surface area contributed by atoms with Crippen LogP contribution < -0.4 is 5.32 Å². The molecule has 2 rings (SSSR count). The van der Waals surface area contributed by atoms with Crippen molar-refractivity contribution in [3.8, 4) is 0 Å². The van der Waals surface area contributed by atoms with Crippen molar-refractivity contribution < 1.29 is 4.79 Å². The van der Waals surface area contributed by atoms with Crippen molar-refractivity contribution >= 4 is 5.91 Å². The first-order valence-electron chi connectivity index (χ1n) is 5.71. The van der Waals surface area contributed by atoms with E-state index in [1.165, 1.54) is 0 Å². The van der Waals surface area contributed by atoms with Crippen LogP contribution in [0.1, 0.15) is 18.5 Å². The molecule has 1 amide bonds. The van der Waals surface area contributed by atoms with Crippen molar-refractivity contribution in [2.45, 2.75) is 19.4 Å². The first-order valence-corrected chi connectivity index (χ1v) is 5.71. The predicted octanol–water partition coefficient (Wildman–Crippen LogP) is 0.132. The minimum atomic E-state index is 0.208. The maximum Gasteiger partial charge on any atom is 0.236 e. The molecule has 1 fully saturated rings. The number of hydrogen-bond acceptors (Lipinski definition) is 3. The highest BCUT2D eigenvalue weighted by Crippen LogP contribution is 2.06. The topological polar surface area (TPSA) is 50.2 Å². The van der Waals surface area contributed by atoms with Gasteiger partial charge in [-0.05, 0) is 12.8 Å². The van der Waals surface area contributed by atoms with Crippen LogP contribution in [0.4, 0.5) is 0 Å². The van der Waals surface area contributed by atoms with Crippen LogP contribution in [0.3, 0.4) is 0 Å². The second-order valence-electron chi connectivity index (χ2n) is 4.19. The molecule has 0 saturated carbocycles. The van der Waals surface area contributed by atoms with Gasteiger partial charge in [-0.2, -0.15) is 0 Å². The van der Waals surface area contributed by atoms with E-state index in [-0.39, 0.29) is 5.91 Å². The Morgan fingerprint density at radius 3 is 2.88 bits per heavy atom. The van der Waals surface area contributed by atoms with Gasteiger partial charge in [0.2, 0.25) is 5.91 Å². The number of likely N-dealkylation sites (tertiary alicyclic amines) is 1. The van der Waals surface area contributed by atoms with Crippen molar-refractivity contribution in [1.29, 1.82) is 0 Å². The van der Waals surface area contributed by atoms with Gasteiger partial charge < -0.3 is 14.8 Å². The average Bonchev–Trinajstić information content (AvgIpc) is 2.90. The SMILES string of the molecule is Cn1cncc1CNCC(=O)N1CCCC1. The number of amides is 1. The number of nitrogens with zero attached hydrogens (tertiary/aromatic N) is 3. The Hall–Kier alpha value is -1.36. The summed E-state index contributed by atoms with van der Waals surface area (Å²) in [5.74, 6) is 0.208. The van der Waals surface area contributed by atoms with Crippen LogP contribution in [0.5, 0.6) is 0 Å². The summed E-state index contributed by atoms with van der Waals surface area (Å²) in [4.78, 5) is 17.7. The van der Waals surface area contributed by atoms with E-state index >= 15 is 0 Å². The van der Waals surface area contributed by atoms with E-state index in [1.54, 1.807) is 6.33 Å². The molecule has 0 bridgehead atoms. The smallest absolute Gasteiger partial charge is 0.236 e. The summed E-state index contributed by atoms with van der Waals surface area (Å²) in [6, 6.07) is 0. The Balaban J connectivity index is 1.71. The van der Waals surface area contributed by atoms with Crippen molar-refractivity contribution in [2.75, 3.05) is 19.6 Å². The lowest BCUT2D eigenvalue weighted by atomic mass is 10.4. The fraction of sp³-hybridized carbons (Fsp3) is 0.636. The third-order valence-corrected chi connectivity index (χ3v) is 2.96. The average molecular weight is 222 g/mol. The van der Waals surface area contributed by atoms with Gasteiger partial charge in [-0.15, -0.1) is 0 Å². The summed E-state index contributed by atoms with van der Waals surface area (Å²) in [6.45, 7) is 2.96. The second-order valence-corrected chi connectivity index (χ2v) is 4.19. The molecule has 0 unspecified atom stereocenters. The zero-order valence-corrected chi connectivity index (χ0v) is 9.65. The number of aryl methyl sites for hydroxylation is 1. The lowest BCUT2D eigenvalue weighted by Crippen LogP contribution is -2.36. The molecule has 1 aliphatic rings. The third kappa shape index (κ3) is 2.61. The molecular formula is C11H18N4O. The van der Waals surface area contributed by atoms with E-state index in [9.17, 15) is 4.79 Å². The monoisotopic (exact) mass is 222 g/mol. The lowest BCUT2D eigenvalue weighted by Gasteiger charge is -2.15. The predicted molar refractivity (Wildman–Crippen MR) is 60.7 cm³/mol. The van der Waals surface area contributed by atoms with E-state index in [0.29, 0.717) is 13.1 Å². The van der Waals surface area contributed by atoms with Crippen LogP contribution in [0.15, 0.2) is 12.5 Å². The molecule has 0 atom stereocenters. The Morgan fingerprint density at radius 2 is 2.25 bits per heavy atom. The minimum Gasteiger partial charge on any atom is -0.342 e. The van der Waals surface area contributed by atoms with E-state index in [1.807, 2.05) is 22.7 Å². The molecule has 0 radical (unpaired) electrons.